The number of hydrogen-bond donors (Lipinski definition) is 1. The molecule has 1 fully saturated rings. The molecule has 0 saturated carbocycles. The summed E-state index contributed by atoms with van der Waals surface area (Å²) in [4.78, 5) is 27.0. The summed E-state index contributed by atoms with van der Waals surface area (Å²) in [5.41, 5.74) is 0.902. The van der Waals surface area contributed by atoms with E-state index in [4.69, 9.17) is 0 Å². The van der Waals surface area contributed by atoms with Gasteiger partial charge in [0, 0.05) is 58.7 Å². The van der Waals surface area contributed by atoms with Gasteiger partial charge in [-0.25, -0.2) is 19.2 Å². The van der Waals surface area contributed by atoms with Crippen LogP contribution in [0.15, 0.2) is 42.7 Å². The van der Waals surface area contributed by atoms with Crippen LogP contribution in [0.3, 0.4) is 0 Å². The number of carbonyl (C=O) groups excluding carboxylic acids is 1. The van der Waals surface area contributed by atoms with Crippen molar-refractivity contribution in [1.82, 2.24) is 25.1 Å². The van der Waals surface area contributed by atoms with Crippen molar-refractivity contribution in [3.63, 3.8) is 0 Å². The Labute approximate surface area is 165 Å². The monoisotopic (exact) mass is 386 g/mol. The average molecular weight is 386 g/mol. The topological polar surface area (TPSA) is 64.6 Å². The van der Waals surface area contributed by atoms with Crippen molar-refractivity contribution in [3.8, 4) is 0 Å². The van der Waals surface area contributed by atoms with Crippen molar-refractivity contribution in [2.45, 2.75) is 13.0 Å². The number of piperazine rings is 1. The zero-order valence-electron chi connectivity index (χ0n) is 16.2. The minimum absolute atomic E-state index is 0.115. The van der Waals surface area contributed by atoms with Gasteiger partial charge in [0.15, 0.2) is 0 Å². The lowest BCUT2D eigenvalue weighted by atomic mass is 10.2. The van der Waals surface area contributed by atoms with Crippen LogP contribution < -0.4 is 10.2 Å². The van der Waals surface area contributed by atoms with Crippen molar-refractivity contribution in [1.29, 1.82) is 0 Å². The van der Waals surface area contributed by atoms with Gasteiger partial charge in [-0.1, -0.05) is 12.1 Å². The summed E-state index contributed by atoms with van der Waals surface area (Å²) < 4.78 is 12.9. The van der Waals surface area contributed by atoms with Crippen LogP contribution in [0.5, 0.6) is 0 Å². The molecule has 0 unspecified atom stereocenters. The molecule has 0 aliphatic carbocycles. The van der Waals surface area contributed by atoms with Crippen LogP contribution >= 0.6 is 0 Å². The van der Waals surface area contributed by atoms with Crippen molar-refractivity contribution in [2.75, 3.05) is 51.2 Å². The number of halogens is 1. The maximum atomic E-state index is 12.9. The molecule has 7 nitrogen and oxygen atoms in total. The molecule has 150 valence electrons. The van der Waals surface area contributed by atoms with E-state index in [0.29, 0.717) is 13.1 Å². The first-order valence-electron chi connectivity index (χ1n) is 9.59. The Morgan fingerprint density at radius 1 is 1.14 bits per heavy atom. The third-order valence-corrected chi connectivity index (χ3v) is 4.81. The van der Waals surface area contributed by atoms with Gasteiger partial charge in [0.2, 0.25) is 5.95 Å². The molecular formula is C20H27FN6O. The van der Waals surface area contributed by atoms with E-state index in [-0.39, 0.29) is 11.8 Å². The molecule has 0 spiro atoms. The normalized spacial score (nSPS) is 14.7. The molecule has 0 radical (unpaired) electrons. The highest BCUT2D eigenvalue weighted by atomic mass is 19.1. The number of nitrogens with one attached hydrogen (secondary N) is 1. The highest BCUT2D eigenvalue weighted by molar-refractivity contribution is 5.73. The number of urea groups is 1. The predicted molar refractivity (Wildman–Crippen MR) is 107 cm³/mol. The summed E-state index contributed by atoms with van der Waals surface area (Å²) in [7, 11) is 1.74. The van der Waals surface area contributed by atoms with Gasteiger partial charge in [0.1, 0.15) is 5.82 Å². The molecule has 1 saturated heterocycles. The van der Waals surface area contributed by atoms with Crippen molar-refractivity contribution in [2.24, 2.45) is 0 Å². The molecule has 1 aliphatic heterocycles. The minimum atomic E-state index is -0.270. The Bertz CT molecular complexity index is 734. The second-order valence-electron chi connectivity index (χ2n) is 6.95. The molecule has 1 aliphatic rings. The highest BCUT2D eigenvalue weighted by Gasteiger charge is 2.18. The van der Waals surface area contributed by atoms with Crippen molar-refractivity contribution >= 4 is 12.0 Å². The largest absolute Gasteiger partial charge is 0.338 e. The number of rotatable bonds is 7. The standard InChI is InChI=1S/C20H27FN6O/c1-25(16-17-4-6-18(21)7-5-17)20(28)24-10-3-11-26-12-14-27(15-13-26)19-22-8-2-9-23-19/h2,4-9H,3,10-16H2,1H3,(H,24,28). The summed E-state index contributed by atoms with van der Waals surface area (Å²) in [6.45, 7) is 5.80. The summed E-state index contributed by atoms with van der Waals surface area (Å²) in [5.74, 6) is 0.520. The molecule has 1 aromatic carbocycles. The molecule has 2 aromatic rings. The number of anilines is 1. The number of carbonyl (C=O) groups is 1. The van der Waals surface area contributed by atoms with Crippen LogP contribution in [-0.4, -0.2) is 72.1 Å². The molecule has 2 amide bonds. The fraction of sp³-hybridized carbons (Fsp3) is 0.450. The van der Waals surface area contributed by atoms with Crippen LogP contribution in [0.1, 0.15) is 12.0 Å². The second-order valence-corrected chi connectivity index (χ2v) is 6.95. The third-order valence-electron chi connectivity index (χ3n) is 4.81. The number of aromatic nitrogens is 2. The van der Waals surface area contributed by atoms with Gasteiger partial charge in [-0.15, -0.1) is 0 Å². The molecule has 2 heterocycles. The van der Waals surface area contributed by atoms with Crippen LogP contribution in [0.4, 0.5) is 15.1 Å². The van der Waals surface area contributed by atoms with Crippen LogP contribution in [0.2, 0.25) is 0 Å². The molecule has 3 rings (SSSR count). The van der Waals surface area contributed by atoms with Gasteiger partial charge >= 0.3 is 6.03 Å². The van der Waals surface area contributed by atoms with E-state index in [0.717, 1.165) is 50.7 Å². The Morgan fingerprint density at radius 3 is 2.50 bits per heavy atom. The number of hydrogen-bond acceptors (Lipinski definition) is 5. The van der Waals surface area contributed by atoms with Crippen LogP contribution in [0, 0.1) is 5.82 Å². The van der Waals surface area contributed by atoms with Crippen LogP contribution in [0.25, 0.3) is 0 Å². The predicted octanol–water partition coefficient (Wildman–Crippen LogP) is 1.97. The summed E-state index contributed by atoms with van der Waals surface area (Å²) in [6, 6.07) is 7.91. The molecule has 8 heteroatoms. The van der Waals surface area contributed by atoms with E-state index in [9.17, 15) is 9.18 Å². The number of nitrogens with zero attached hydrogens (tertiary/aromatic N) is 5. The van der Waals surface area contributed by atoms with Gasteiger partial charge in [-0.3, -0.25) is 4.90 Å². The zero-order chi connectivity index (χ0) is 19.8. The molecular weight excluding hydrogens is 359 g/mol. The van der Waals surface area contributed by atoms with E-state index < -0.39 is 0 Å². The number of benzene rings is 1. The van der Waals surface area contributed by atoms with Crippen LogP contribution in [-0.2, 0) is 6.54 Å². The maximum absolute atomic E-state index is 12.9. The summed E-state index contributed by atoms with van der Waals surface area (Å²) >= 11 is 0. The third kappa shape index (κ3) is 5.88. The van der Waals surface area contributed by atoms with E-state index in [2.05, 4.69) is 25.1 Å². The Hall–Kier alpha value is -2.74. The van der Waals surface area contributed by atoms with Crippen molar-refractivity contribution < 1.29 is 9.18 Å². The van der Waals surface area contributed by atoms with E-state index >= 15 is 0 Å². The fourth-order valence-electron chi connectivity index (χ4n) is 3.19. The lowest BCUT2D eigenvalue weighted by Gasteiger charge is -2.34. The Balaban J connectivity index is 1.30. The molecule has 0 bridgehead atoms. The van der Waals surface area contributed by atoms with Gasteiger partial charge in [-0.2, -0.15) is 0 Å². The zero-order valence-corrected chi connectivity index (χ0v) is 16.2. The van der Waals surface area contributed by atoms with E-state index in [1.165, 1.54) is 12.1 Å². The first-order chi connectivity index (χ1) is 13.6. The molecule has 1 N–H and O–H groups in total. The average Bonchev–Trinajstić information content (AvgIpc) is 2.73. The quantitative estimate of drug-likeness (QED) is 0.737. The SMILES string of the molecule is CN(Cc1ccc(F)cc1)C(=O)NCCCN1CCN(c2ncccn2)CC1. The van der Waals surface area contributed by atoms with E-state index in [1.807, 2.05) is 6.07 Å². The highest BCUT2D eigenvalue weighted by Crippen LogP contribution is 2.10. The molecule has 0 atom stereocenters. The summed E-state index contributed by atoms with van der Waals surface area (Å²) in [5, 5.41) is 2.94. The first-order valence-corrected chi connectivity index (χ1v) is 9.59. The van der Waals surface area contributed by atoms with Gasteiger partial charge in [-0.05, 0) is 36.7 Å². The first kappa shape index (κ1) is 20.0. The number of amides is 2. The van der Waals surface area contributed by atoms with Gasteiger partial charge in [0.05, 0.1) is 0 Å². The van der Waals surface area contributed by atoms with Gasteiger partial charge < -0.3 is 15.1 Å². The Morgan fingerprint density at radius 2 is 1.82 bits per heavy atom. The van der Waals surface area contributed by atoms with Gasteiger partial charge in [0.25, 0.3) is 0 Å². The lowest BCUT2D eigenvalue weighted by Crippen LogP contribution is -2.47. The fourth-order valence-corrected chi connectivity index (χ4v) is 3.19. The van der Waals surface area contributed by atoms with E-state index in [1.54, 1.807) is 36.5 Å². The molecule has 28 heavy (non-hydrogen) atoms. The Kier molecular flexibility index (Phi) is 7.13. The van der Waals surface area contributed by atoms with Crippen molar-refractivity contribution in [3.05, 3.63) is 54.1 Å². The maximum Gasteiger partial charge on any atom is 0.317 e. The molecule has 1 aromatic heterocycles. The summed E-state index contributed by atoms with van der Waals surface area (Å²) in [6.07, 6.45) is 4.44. The minimum Gasteiger partial charge on any atom is -0.338 e. The smallest absolute Gasteiger partial charge is 0.317 e. The lowest BCUT2D eigenvalue weighted by molar-refractivity contribution is 0.205. The second kappa shape index (κ2) is 9.98.